The molecule has 0 amide bonds. The van der Waals surface area contributed by atoms with E-state index in [0.717, 1.165) is 21.2 Å². The van der Waals surface area contributed by atoms with E-state index in [1.807, 2.05) is 83.9 Å². The number of ketones is 1. The molecule has 4 atom stereocenters. The van der Waals surface area contributed by atoms with Crippen molar-refractivity contribution in [3.8, 4) is 6.07 Å². The van der Waals surface area contributed by atoms with Crippen LogP contribution < -0.4 is 0 Å². The number of esters is 1. The van der Waals surface area contributed by atoms with Crippen LogP contribution in [0.2, 0.25) is 0 Å². The van der Waals surface area contributed by atoms with Crippen molar-refractivity contribution in [1.29, 1.82) is 5.26 Å². The summed E-state index contributed by atoms with van der Waals surface area (Å²) < 4.78 is 6.13. The lowest BCUT2D eigenvalue weighted by Gasteiger charge is -2.36. The van der Waals surface area contributed by atoms with Crippen molar-refractivity contribution in [3.05, 3.63) is 112 Å². The minimum Gasteiger partial charge on any atom is -0.468 e. The number of benzene rings is 3. The molecule has 0 spiro atoms. The van der Waals surface area contributed by atoms with Crippen LogP contribution in [0.4, 0.5) is 0 Å². The molecule has 34 heavy (non-hydrogen) atoms. The zero-order chi connectivity index (χ0) is 23.9. The van der Waals surface area contributed by atoms with Gasteiger partial charge in [-0.3, -0.25) is 9.59 Å². The monoisotopic (exact) mass is 512 g/mol. The number of halogens is 1. The predicted molar refractivity (Wildman–Crippen MR) is 132 cm³/mol. The summed E-state index contributed by atoms with van der Waals surface area (Å²) in [6, 6.07) is 25.0. The molecule has 3 aromatic rings. The van der Waals surface area contributed by atoms with Crippen molar-refractivity contribution in [2.24, 2.45) is 5.41 Å². The molecule has 0 bridgehead atoms. The van der Waals surface area contributed by atoms with Gasteiger partial charge in [0.15, 0.2) is 11.2 Å². The first-order valence-corrected chi connectivity index (χ1v) is 11.7. The van der Waals surface area contributed by atoms with Crippen LogP contribution in [0.3, 0.4) is 0 Å². The highest BCUT2D eigenvalue weighted by Crippen LogP contribution is 2.60. The van der Waals surface area contributed by atoms with Gasteiger partial charge in [-0.1, -0.05) is 82.7 Å². The number of nitrogens with zero attached hydrogens (tertiary/aromatic N) is 2. The average molecular weight is 513 g/mol. The molecule has 3 aromatic carbocycles. The fourth-order valence-electron chi connectivity index (χ4n) is 5.41. The van der Waals surface area contributed by atoms with Crippen molar-refractivity contribution < 1.29 is 14.3 Å². The standard InChI is InChI=1S/C28H21BrN2O3/c1-34-27(33)28(17-30)23(19-11-13-21(29)14-12-19)24(25(32)20-8-3-2-4-9-20)31-16-15-18-7-5-6-10-22(18)26(28)31/h2-16,23-24,26H,1H3/t23-,24+,26-,28-/m1/s1. The molecular weight excluding hydrogens is 492 g/mol. The molecule has 1 fully saturated rings. The summed E-state index contributed by atoms with van der Waals surface area (Å²) in [4.78, 5) is 29.5. The maximum Gasteiger partial charge on any atom is 0.329 e. The molecule has 0 N–H and O–H groups in total. The molecule has 6 heteroatoms. The molecule has 0 aromatic heterocycles. The van der Waals surface area contributed by atoms with Gasteiger partial charge < -0.3 is 9.64 Å². The minimum absolute atomic E-state index is 0.149. The fourth-order valence-corrected chi connectivity index (χ4v) is 5.67. The molecule has 1 saturated heterocycles. The van der Waals surface area contributed by atoms with Gasteiger partial charge in [0.05, 0.1) is 19.2 Å². The second-order valence-electron chi connectivity index (χ2n) is 8.47. The molecule has 168 valence electrons. The summed E-state index contributed by atoms with van der Waals surface area (Å²) in [6.45, 7) is 0. The van der Waals surface area contributed by atoms with Crippen LogP contribution in [-0.2, 0) is 9.53 Å². The van der Waals surface area contributed by atoms with Crippen LogP contribution in [0.15, 0.2) is 89.5 Å². The lowest BCUT2D eigenvalue weighted by molar-refractivity contribution is -0.151. The molecule has 5 nitrogen and oxygen atoms in total. The van der Waals surface area contributed by atoms with Crippen molar-refractivity contribution in [2.45, 2.75) is 18.0 Å². The fraction of sp³-hybridized carbons (Fsp3) is 0.179. The quantitative estimate of drug-likeness (QED) is 0.340. The topological polar surface area (TPSA) is 70.4 Å². The summed E-state index contributed by atoms with van der Waals surface area (Å²) in [7, 11) is 1.29. The second-order valence-corrected chi connectivity index (χ2v) is 9.39. The Bertz CT molecular complexity index is 1330. The summed E-state index contributed by atoms with van der Waals surface area (Å²) in [6.07, 6.45) is 3.77. The highest BCUT2D eigenvalue weighted by atomic mass is 79.9. The first kappa shape index (κ1) is 22.1. The van der Waals surface area contributed by atoms with E-state index < -0.39 is 29.4 Å². The third-order valence-electron chi connectivity index (χ3n) is 6.84. The van der Waals surface area contributed by atoms with E-state index in [4.69, 9.17) is 4.74 Å². The summed E-state index contributed by atoms with van der Waals surface area (Å²) in [5.41, 5.74) is 1.35. The number of nitriles is 1. The minimum atomic E-state index is -1.64. The molecular formula is C28H21BrN2O3. The smallest absolute Gasteiger partial charge is 0.329 e. The number of carbonyl (C=O) groups is 2. The Hall–Kier alpha value is -3.69. The largest absolute Gasteiger partial charge is 0.468 e. The van der Waals surface area contributed by atoms with Gasteiger partial charge in [0, 0.05) is 22.2 Å². The second kappa shape index (κ2) is 8.58. The molecule has 5 rings (SSSR count). The van der Waals surface area contributed by atoms with E-state index >= 15 is 0 Å². The highest BCUT2D eigenvalue weighted by molar-refractivity contribution is 9.10. The summed E-state index contributed by atoms with van der Waals surface area (Å²) in [5, 5.41) is 10.7. The third-order valence-corrected chi connectivity index (χ3v) is 7.37. The molecule has 0 unspecified atom stereocenters. The Kier molecular flexibility index (Phi) is 5.59. The number of rotatable bonds is 4. The Labute approximate surface area is 206 Å². The molecule has 2 aliphatic rings. The van der Waals surface area contributed by atoms with Crippen LogP contribution in [0.5, 0.6) is 0 Å². The Morgan fingerprint density at radius 1 is 1.00 bits per heavy atom. The van der Waals surface area contributed by atoms with Crippen LogP contribution >= 0.6 is 15.9 Å². The Morgan fingerprint density at radius 2 is 1.68 bits per heavy atom. The average Bonchev–Trinajstić information content (AvgIpc) is 3.20. The number of hydrogen-bond donors (Lipinski definition) is 0. The van der Waals surface area contributed by atoms with E-state index in [2.05, 4.69) is 22.0 Å². The zero-order valence-electron chi connectivity index (χ0n) is 18.4. The van der Waals surface area contributed by atoms with Crippen molar-refractivity contribution in [1.82, 2.24) is 4.90 Å². The molecule has 0 aliphatic carbocycles. The van der Waals surface area contributed by atoms with Gasteiger partial charge in [-0.05, 0) is 34.9 Å². The van der Waals surface area contributed by atoms with Gasteiger partial charge in [-0.2, -0.15) is 5.26 Å². The Balaban J connectivity index is 1.81. The number of methoxy groups -OCH3 is 1. The Morgan fingerprint density at radius 3 is 2.35 bits per heavy atom. The number of hydrogen-bond acceptors (Lipinski definition) is 5. The van der Waals surface area contributed by atoms with E-state index in [9.17, 15) is 14.9 Å². The zero-order valence-corrected chi connectivity index (χ0v) is 20.0. The van der Waals surface area contributed by atoms with Gasteiger partial charge >= 0.3 is 5.97 Å². The molecule has 0 radical (unpaired) electrons. The third kappa shape index (κ3) is 3.19. The van der Waals surface area contributed by atoms with E-state index in [1.54, 1.807) is 12.1 Å². The molecule has 0 saturated carbocycles. The van der Waals surface area contributed by atoms with Gasteiger partial charge in [0.1, 0.15) is 6.04 Å². The van der Waals surface area contributed by atoms with E-state index in [0.29, 0.717) is 5.56 Å². The first-order valence-electron chi connectivity index (χ1n) is 10.9. The lowest BCUT2D eigenvalue weighted by Crippen LogP contribution is -2.41. The maximum atomic E-state index is 14.0. The molecule has 2 aliphatic heterocycles. The SMILES string of the molecule is COC(=O)[C@]1(C#N)[C@H](c2ccc(Br)cc2)[C@@H](C(=O)c2ccccc2)N2C=Cc3ccccc3[C@@H]21. The predicted octanol–water partition coefficient (Wildman–Crippen LogP) is 5.51. The number of fused-ring (bicyclic) bond motifs is 3. The van der Waals surface area contributed by atoms with Gasteiger partial charge in [0.25, 0.3) is 0 Å². The van der Waals surface area contributed by atoms with Crippen LogP contribution in [0.1, 0.15) is 39.0 Å². The highest BCUT2D eigenvalue weighted by Gasteiger charge is 2.67. The first-order chi connectivity index (χ1) is 16.5. The van der Waals surface area contributed by atoms with Crippen LogP contribution in [-0.4, -0.2) is 29.8 Å². The number of carbonyl (C=O) groups excluding carboxylic acids is 2. The maximum absolute atomic E-state index is 14.0. The van der Waals surface area contributed by atoms with Gasteiger partial charge in [0.2, 0.25) is 0 Å². The lowest BCUT2D eigenvalue weighted by atomic mass is 9.66. The number of Topliss-reactive ketones (excluding diaryl/α,β-unsaturated/α-hetero) is 1. The van der Waals surface area contributed by atoms with Crippen molar-refractivity contribution in [2.75, 3.05) is 7.11 Å². The summed E-state index contributed by atoms with van der Waals surface area (Å²) >= 11 is 3.46. The van der Waals surface area contributed by atoms with Crippen molar-refractivity contribution >= 4 is 33.8 Å². The van der Waals surface area contributed by atoms with E-state index in [1.165, 1.54) is 7.11 Å². The van der Waals surface area contributed by atoms with Gasteiger partial charge in [-0.25, -0.2) is 0 Å². The van der Waals surface area contributed by atoms with Crippen LogP contribution in [0, 0.1) is 16.7 Å². The summed E-state index contributed by atoms with van der Waals surface area (Å²) in [5.74, 6) is -1.55. The number of ether oxygens (including phenoxy) is 1. The normalized spacial score (nSPS) is 24.6. The van der Waals surface area contributed by atoms with Crippen molar-refractivity contribution in [3.63, 3.8) is 0 Å². The molecule has 2 heterocycles. The van der Waals surface area contributed by atoms with Gasteiger partial charge in [-0.15, -0.1) is 0 Å². The van der Waals surface area contributed by atoms with E-state index in [-0.39, 0.29) is 5.78 Å². The van der Waals surface area contributed by atoms with Crippen LogP contribution in [0.25, 0.3) is 6.08 Å².